The van der Waals surface area contributed by atoms with E-state index in [1.807, 2.05) is 24.6 Å². The number of nitrogens with two attached hydrogens (primary N) is 1. The van der Waals surface area contributed by atoms with Crippen LogP contribution in [0.5, 0.6) is 0 Å². The van der Waals surface area contributed by atoms with Gasteiger partial charge in [0, 0.05) is 30.9 Å². The summed E-state index contributed by atoms with van der Waals surface area (Å²) in [5.41, 5.74) is 5.05. The minimum Gasteiger partial charge on any atom is -0.329 e. The van der Waals surface area contributed by atoms with Gasteiger partial charge >= 0.3 is 0 Å². The number of imidazole rings is 1. The monoisotopic (exact) mass is 209 g/mol. The third kappa shape index (κ3) is 2.45. The minimum atomic E-state index is -0.531. The molecule has 0 aliphatic rings. The van der Waals surface area contributed by atoms with Gasteiger partial charge in [0.1, 0.15) is 0 Å². The second-order valence-corrected chi connectivity index (χ2v) is 4.36. The molecule has 2 N–H and O–H groups in total. The maximum absolute atomic E-state index is 12.1. The molecule has 0 bridgehead atoms. The third-order valence-electron chi connectivity index (χ3n) is 2.51. The first kappa shape index (κ1) is 11.9. The molecular formula is C11H19N3O. The van der Waals surface area contributed by atoms with Crippen LogP contribution in [-0.2, 0) is 6.54 Å². The number of nitrogens with zero attached hydrogens (tertiary/aromatic N) is 2. The van der Waals surface area contributed by atoms with E-state index in [4.69, 9.17) is 5.73 Å². The molecular weight excluding hydrogens is 190 g/mol. The highest BCUT2D eigenvalue weighted by atomic mass is 16.1. The lowest BCUT2D eigenvalue weighted by molar-refractivity contribution is 0.0831. The molecule has 84 valence electrons. The van der Waals surface area contributed by atoms with Gasteiger partial charge in [0.15, 0.2) is 5.82 Å². The van der Waals surface area contributed by atoms with Crippen LogP contribution in [0.1, 0.15) is 37.8 Å². The van der Waals surface area contributed by atoms with Crippen molar-refractivity contribution >= 4 is 5.78 Å². The molecule has 0 radical (unpaired) electrons. The molecule has 0 fully saturated rings. The van der Waals surface area contributed by atoms with Crippen molar-refractivity contribution in [1.29, 1.82) is 0 Å². The molecule has 0 unspecified atom stereocenters. The summed E-state index contributed by atoms with van der Waals surface area (Å²) in [5, 5.41) is 0. The van der Waals surface area contributed by atoms with Crippen LogP contribution in [0.3, 0.4) is 0 Å². The van der Waals surface area contributed by atoms with Gasteiger partial charge in [-0.1, -0.05) is 20.8 Å². The second kappa shape index (κ2) is 4.57. The number of carbonyl (C=O) groups excluding carboxylic acids is 1. The number of ketones is 1. The van der Waals surface area contributed by atoms with Crippen LogP contribution in [0.4, 0.5) is 0 Å². The van der Waals surface area contributed by atoms with E-state index in [1.165, 1.54) is 0 Å². The van der Waals surface area contributed by atoms with Crippen molar-refractivity contribution in [3.8, 4) is 0 Å². The quantitative estimate of drug-likeness (QED) is 0.747. The molecule has 0 saturated heterocycles. The predicted molar refractivity (Wildman–Crippen MR) is 59.7 cm³/mol. The largest absolute Gasteiger partial charge is 0.329 e. The first-order valence-corrected chi connectivity index (χ1v) is 5.29. The van der Waals surface area contributed by atoms with E-state index in [9.17, 15) is 4.79 Å². The summed E-state index contributed by atoms with van der Waals surface area (Å²) in [7, 11) is 0. The van der Waals surface area contributed by atoms with E-state index >= 15 is 0 Å². The summed E-state index contributed by atoms with van der Waals surface area (Å²) in [4.78, 5) is 16.2. The first-order valence-electron chi connectivity index (χ1n) is 5.29. The Morgan fingerprint density at radius 3 is 2.80 bits per heavy atom. The Labute approximate surface area is 90.5 Å². The van der Waals surface area contributed by atoms with Crippen molar-refractivity contribution in [2.24, 2.45) is 11.1 Å². The molecule has 1 rings (SSSR count). The fraction of sp³-hybridized carbons (Fsp3) is 0.636. The Hall–Kier alpha value is -1.16. The summed E-state index contributed by atoms with van der Waals surface area (Å²) < 4.78 is 1.89. The van der Waals surface area contributed by atoms with Gasteiger partial charge in [-0.2, -0.15) is 0 Å². The van der Waals surface area contributed by atoms with Crippen molar-refractivity contribution in [1.82, 2.24) is 9.55 Å². The molecule has 15 heavy (non-hydrogen) atoms. The molecule has 4 nitrogen and oxygen atoms in total. The molecule has 4 heteroatoms. The zero-order valence-electron chi connectivity index (χ0n) is 9.66. The van der Waals surface area contributed by atoms with Crippen LogP contribution < -0.4 is 5.73 Å². The molecule has 0 saturated carbocycles. The van der Waals surface area contributed by atoms with E-state index in [0.29, 0.717) is 12.4 Å². The Morgan fingerprint density at radius 2 is 2.27 bits per heavy atom. The van der Waals surface area contributed by atoms with Gasteiger partial charge in [0.2, 0.25) is 5.78 Å². The number of carbonyl (C=O) groups is 1. The molecule has 0 atom stereocenters. The SMILES string of the molecule is CCCn1ccnc1C(=O)C(C)(C)CN. The van der Waals surface area contributed by atoms with Gasteiger partial charge in [-0.25, -0.2) is 4.98 Å². The molecule has 1 aromatic heterocycles. The maximum Gasteiger partial charge on any atom is 0.205 e. The molecule has 0 aromatic carbocycles. The number of aromatic nitrogens is 2. The molecule has 0 spiro atoms. The lowest BCUT2D eigenvalue weighted by Gasteiger charge is -2.20. The summed E-state index contributed by atoms with van der Waals surface area (Å²) in [6, 6.07) is 0. The van der Waals surface area contributed by atoms with Crippen molar-refractivity contribution in [3.63, 3.8) is 0 Å². The lowest BCUT2D eigenvalue weighted by Crippen LogP contribution is -2.34. The fourth-order valence-corrected chi connectivity index (χ4v) is 1.33. The number of Topliss-reactive ketones (excluding diaryl/α,β-unsaturated/α-hetero) is 1. The Kier molecular flexibility index (Phi) is 3.63. The van der Waals surface area contributed by atoms with Crippen LogP contribution >= 0.6 is 0 Å². The lowest BCUT2D eigenvalue weighted by atomic mass is 9.88. The highest BCUT2D eigenvalue weighted by Gasteiger charge is 2.29. The smallest absolute Gasteiger partial charge is 0.205 e. The average Bonchev–Trinajstić information content (AvgIpc) is 2.65. The Morgan fingerprint density at radius 1 is 1.60 bits per heavy atom. The number of hydrogen-bond acceptors (Lipinski definition) is 3. The van der Waals surface area contributed by atoms with Crippen molar-refractivity contribution in [3.05, 3.63) is 18.2 Å². The van der Waals surface area contributed by atoms with Gasteiger partial charge in [0.25, 0.3) is 0 Å². The van der Waals surface area contributed by atoms with Crippen LogP contribution in [0.25, 0.3) is 0 Å². The van der Waals surface area contributed by atoms with E-state index in [2.05, 4.69) is 11.9 Å². The Bertz CT molecular complexity index is 341. The zero-order chi connectivity index (χ0) is 11.5. The number of hydrogen-bond donors (Lipinski definition) is 1. The maximum atomic E-state index is 12.1. The Balaban J connectivity index is 2.96. The topological polar surface area (TPSA) is 60.9 Å². The van der Waals surface area contributed by atoms with Crippen molar-refractivity contribution in [2.45, 2.75) is 33.7 Å². The van der Waals surface area contributed by atoms with Gasteiger partial charge in [-0.05, 0) is 6.42 Å². The van der Waals surface area contributed by atoms with Gasteiger partial charge in [-0.15, -0.1) is 0 Å². The molecule has 0 aliphatic carbocycles. The van der Waals surface area contributed by atoms with Gasteiger partial charge in [-0.3, -0.25) is 4.79 Å². The number of rotatable bonds is 5. The summed E-state index contributed by atoms with van der Waals surface area (Å²) in [5.74, 6) is 0.538. The van der Waals surface area contributed by atoms with E-state index < -0.39 is 5.41 Å². The van der Waals surface area contributed by atoms with E-state index in [0.717, 1.165) is 13.0 Å². The van der Waals surface area contributed by atoms with Crippen LogP contribution in [0.2, 0.25) is 0 Å². The van der Waals surface area contributed by atoms with Gasteiger partial charge in [0.05, 0.1) is 0 Å². The number of aryl methyl sites for hydroxylation is 1. The van der Waals surface area contributed by atoms with Crippen molar-refractivity contribution in [2.75, 3.05) is 6.54 Å². The predicted octanol–water partition coefficient (Wildman–Crippen LogP) is 1.46. The average molecular weight is 209 g/mol. The summed E-state index contributed by atoms with van der Waals surface area (Å²) in [6.07, 6.45) is 4.48. The molecule has 0 amide bonds. The van der Waals surface area contributed by atoms with Crippen LogP contribution in [-0.4, -0.2) is 21.9 Å². The van der Waals surface area contributed by atoms with Crippen LogP contribution in [0, 0.1) is 5.41 Å². The fourth-order valence-electron chi connectivity index (χ4n) is 1.33. The van der Waals surface area contributed by atoms with E-state index in [1.54, 1.807) is 6.20 Å². The summed E-state index contributed by atoms with van der Waals surface area (Å²) >= 11 is 0. The molecule has 1 heterocycles. The second-order valence-electron chi connectivity index (χ2n) is 4.36. The normalized spacial score (nSPS) is 11.7. The first-order chi connectivity index (χ1) is 7.03. The third-order valence-corrected chi connectivity index (χ3v) is 2.51. The summed E-state index contributed by atoms with van der Waals surface area (Å²) in [6.45, 7) is 6.93. The minimum absolute atomic E-state index is 0.0171. The van der Waals surface area contributed by atoms with Crippen molar-refractivity contribution < 1.29 is 4.79 Å². The van der Waals surface area contributed by atoms with Gasteiger partial charge < -0.3 is 10.3 Å². The van der Waals surface area contributed by atoms with E-state index in [-0.39, 0.29) is 5.78 Å². The highest BCUT2D eigenvalue weighted by molar-refractivity contribution is 5.97. The molecule has 1 aromatic rings. The standard InChI is InChI=1S/C11H19N3O/c1-4-6-14-7-5-13-10(14)9(15)11(2,3)8-12/h5,7H,4,6,8,12H2,1-3H3. The zero-order valence-corrected chi connectivity index (χ0v) is 9.66. The highest BCUT2D eigenvalue weighted by Crippen LogP contribution is 2.19. The molecule has 0 aliphatic heterocycles. The van der Waals surface area contributed by atoms with Crippen LogP contribution in [0.15, 0.2) is 12.4 Å².